The number of hydrogen-bond donors (Lipinski definition) is 1. The van der Waals surface area contributed by atoms with Gasteiger partial charge in [0, 0.05) is 18.6 Å². The summed E-state index contributed by atoms with van der Waals surface area (Å²) in [6.07, 6.45) is 6.99. The lowest BCUT2D eigenvalue weighted by atomic mass is 10.0. The third kappa shape index (κ3) is 1.13. The third-order valence-electron chi connectivity index (χ3n) is 3.60. The molecular weight excluding hydrogens is 162 g/mol. The quantitative estimate of drug-likeness (QED) is 0.600. The summed E-state index contributed by atoms with van der Waals surface area (Å²) in [5, 5.41) is 3.40. The molecular formula is C10H17N3. The first-order chi connectivity index (χ1) is 6.45. The molecule has 2 fully saturated rings. The third-order valence-corrected chi connectivity index (χ3v) is 3.60. The van der Waals surface area contributed by atoms with Gasteiger partial charge >= 0.3 is 0 Å². The molecule has 0 aliphatic carbocycles. The van der Waals surface area contributed by atoms with Crippen molar-refractivity contribution in [3.05, 3.63) is 0 Å². The number of aliphatic imine (C=N–C) groups is 1. The van der Waals surface area contributed by atoms with Gasteiger partial charge in [0.1, 0.15) is 0 Å². The molecule has 0 aromatic rings. The molecule has 0 radical (unpaired) electrons. The van der Waals surface area contributed by atoms with Crippen LogP contribution >= 0.6 is 0 Å². The topological polar surface area (TPSA) is 27.6 Å². The van der Waals surface area contributed by atoms with E-state index in [-0.39, 0.29) is 0 Å². The number of hydrogen-bond acceptors (Lipinski definition) is 3. The molecule has 3 nitrogen and oxygen atoms in total. The summed E-state index contributed by atoms with van der Waals surface area (Å²) in [5.41, 5.74) is 0. The molecule has 2 atom stereocenters. The Hall–Kier alpha value is -0.730. The van der Waals surface area contributed by atoms with E-state index < -0.39 is 0 Å². The van der Waals surface area contributed by atoms with Gasteiger partial charge in [-0.1, -0.05) is 0 Å². The van der Waals surface area contributed by atoms with Crippen molar-refractivity contribution in [3.8, 4) is 0 Å². The van der Waals surface area contributed by atoms with Gasteiger partial charge in [-0.05, 0) is 32.1 Å². The van der Waals surface area contributed by atoms with Crippen molar-refractivity contribution in [1.82, 2.24) is 10.2 Å². The molecule has 0 aromatic heterocycles. The molecule has 72 valence electrons. The molecule has 0 amide bonds. The first-order valence-corrected chi connectivity index (χ1v) is 5.52. The molecule has 13 heavy (non-hydrogen) atoms. The van der Waals surface area contributed by atoms with Gasteiger partial charge in [0.2, 0.25) is 0 Å². The largest absolute Gasteiger partial charge is 0.354 e. The fourth-order valence-electron chi connectivity index (χ4n) is 3.02. The summed E-state index contributed by atoms with van der Waals surface area (Å²) in [7, 11) is 0. The Labute approximate surface area is 79.2 Å². The van der Waals surface area contributed by atoms with Crippen LogP contribution in [0.5, 0.6) is 0 Å². The number of guanidine groups is 1. The van der Waals surface area contributed by atoms with E-state index >= 15 is 0 Å². The van der Waals surface area contributed by atoms with Gasteiger partial charge in [-0.2, -0.15) is 0 Å². The van der Waals surface area contributed by atoms with E-state index in [1.807, 2.05) is 0 Å². The second kappa shape index (κ2) is 2.89. The standard InChI is InChI=1S/C10H17N3/c1-2-8-4-5-9(3-1)13(8)10-11-6-7-12-10/h8-9H,1-7H2,(H,11,12). The maximum atomic E-state index is 4.53. The van der Waals surface area contributed by atoms with Crippen molar-refractivity contribution < 1.29 is 0 Å². The molecule has 2 bridgehead atoms. The second-order valence-electron chi connectivity index (χ2n) is 4.36. The van der Waals surface area contributed by atoms with Crippen LogP contribution in [0.15, 0.2) is 4.99 Å². The van der Waals surface area contributed by atoms with Crippen molar-refractivity contribution in [2.24, 2.45) is 4.99 Å². The maximum Gasteiger partial charge on any atom is 0.194 e. The number of nitrogens with one attached hydrogen (secondary N) is 1. The molecule has 3 rings (SSSR count). The average molecular weight is 179 g/mol. The van der Waals surface area contributed by atoms with Crippen LogP contribution in [0.1, 0.15) is 32.1 Å². The lowest BCUT2D eigenvalue weighted by Gasteiger charge is -2.36. The minimum Gasteiger partial charge on any atom is -0.354 e. The minimum absolute atomic E-state index is 0.808. The monoisotopic (exact) mass is 179 g/mol. The molecule has 1 N–H and O–H groups in total. The van der Waals surface area contributed by atoms with E-state index in [4.69, 9.17) is 0 Å². The lowest BCUT2D eigenvalue weighted by Crippen LogP contribution is -2.48. The first kappa shape index (κ1) is 7.65. The molecule has 3 aliphatic rings. The fourth-order valence-corrected chi connectivity index (χ4v) is 3.02. The maximum absolute atomic E-state index is 4.53. The van der Waals surface area contributed by atoms with Crippen molar-refractivity contribution in [3.63, 3.8) is 0 Å². The number of nitrogens with zero attached hydrogens (tertiary/aromatic N) is 2. The highest BCUT2D eigenvalue weighted by Gasteiger charge is 2.38. The van der Waals surface area contributed by atoms with E-state index in [9.17, 15) is 0 Å². The van der Waals surface area contributed by atoms with Crippen LogP contribution in [0, 0.1) is 0 Å². The molecule has 3 aliphatic heterocycles. The number of rotatable bonds is 0. The normalized spacial score (nSPS) is 37.5. The van der Waals surface area contributed by atoms with Gasteiger partial charge in [0.25, 0.3) is 0 Å². The molecule has 0 spiro atoms. The van der Waals surface area contributed by atoms with Crippen molar-refractivity contribution >= 4 is 5.96 Å². The van der Waals surface area contributed by atoms with Crippen LogP contribution in [0.25, 0.3) is 0 Å². The summed E-state index contributed by atoms with van der Waals surface area (Å²) < 4.78 is 0. The molecule has 2 saturated heterocycles. The van der Waals surface area contributed by atoms with Gasteiger partial charge in [0.05, 0.1) is 6.54 Å². The van der Waals surface area contributed by atoms with Crippen molar-refractivity contribution in [2.75, 3.05) is 13.1 Å². The van der Waals surface area contributed by atoms with E-state index in [1.54, 1.807) is 0 Å². The Morgan fingerprint density at radius 3 is 2.54 bits per heavy atom. The summed E-state index contributed by atoms with van der Waals surface area (Å²) in [6.45, 7) is 2.02. The highest BCUT2D eigenvalue weighted by atomic mass is 15.4. The Morgan fingerprint density at radius 1 is 1.15 bits per heavy atom. The Morgan fingerprint density at radius 2 is 1.92 bits per heavy atom. The van der Waals surface area contributed by atoms with Crippen molar-refractivity contribution in [1.29, 1.82) is 0 Å². The highest BCUT2D eigenvalue weighted by molar-refractivity contribution is 5.82. The zero-order chi connectivity index (χ0) is 8.67. The van der Waals surface area contributed by atoms with Crippen LogP contribution < -0.4 is 5.32 Å². The molecule has 0 aromatic carbocycles. The summed E-state index contributed by atoms with van der Waals surface area (Å²) in [5.74, 6) is 1.20. The lowest BCUT2D eigenvalue weighted by molar-refractivity contribution is 0.231. The SMILES string of the molecule is C1CC2CCC(C1)N2C1=NCCN1. The smallest absolute Gasteiger partial charge is 0.194 e. The van der Waals surface area contributed by atoms with Gasteiger partial charge in [-0.25, -0.2) is 0 Å². The second-order valence-corrected chi connectivity index (χ2v) is 4.36. The van der Waals surface area contributed by atoms with Crippen LogP contribution in [0.2, 0.25) is 0 Å². The first-order valence-electron chi connectivity index (χ1n) is 5.52. The molecule has 3 heteroatoms. The van der Waals surface area contributed by atoms with Gasteiger partial charge in [0.15, 0.2) is 5.96 Å². The fraction of sp³-hybridized carbons (Fsp3) is 0.900. The molecule has 0 saturated carbocycles. The Bertz CT molecular complexity index is 220. The summed E-state index contributed by atoms with van der Waals surface area (Å²) in [4.78, 5) is 7.10. The van der Waals surface area contributed by atoms with Crippen LogP contribution in [-0.2, 0) is 0 Å². The number of fused-ring (bicyclic) bond motifs is 2. The van der Waals surface area contributed by atoms with Gasteiger partial charge < -0.3 is 10.2 Å². The zero-order valence-corrected chi connectivity index (χ0v) is 8.00. The molecule has 3 heterocycles. The molecule has 2 unspecified atom stereocenters. The van der Waals surface area contributed by atoms with E-state index in [1.165, 1.54) is 38.1 Å². The van der Waals surface area contributed by atoms with E-state index in [0.717, 1.165) is 25.2 Å². The van der Waals surface area contributed by atoms with Crippen LogP contribution in [0.4, 0.5) is 0 Å². The summed E-state index contributed by atoms with van der Waals surface area (Å²) >= 11 is 0. The van der Waals surface area contributed by atoms with Crippen LogP contribution in [0.3, 0.4) is 0 Å². The predicted molar refractivity (Wildman–Crippen MR) is 52.8 cm³/mol. The minimum atomic E-state index is 0.808. The van der Waals surface area contributed by atoms with Gasteiger partial charge in [-0.3, -0.25) is 4.99 Å². The van der Waals surface area contributed by atoms with Crippen LogP contribution in [-0.4, -0.2) is 36.0 Å². The van der Waals surface area contributed by atoms with Crippen molar-refractivity contribution in [2.45, 2.75) is 44.2 Å². The zero-order valence-electron chi connectivity index (χ0n) is 8.00. The van der Waals surface area contributed by atoms with Gasteiger partial charge in [-0.15, -0.1) is 0 Å². The average Bonchev–Trinajstić information content (AvgIpc) is 2.72. The van der Waals surface area contributed by atoms with E-state index in [2.05, 4.69) is 15.2 Å². The number of piperidine rings is 1. The highest BCUT2D eigenvalue weighted by Crippen LogP contribution is 2.35. The van der Waals surface area contributed by atoms with E-state index in [0.29, 0.717) is 0 Å². The Balaban J connectivity index is 1.82. The summed E-state index contributed by atoms with van der Waals surface area (Å²) in [6, 6.07) is 1.62. The Kier molecular flexibility index (Phi) is 1.70. The predicted octanol–water partition coefficient (Wildman–Crippen LogP) is 0.962.